The van der Waals surface area contributed by atoms with Crippen LogP contribution in [0.2, 0.25) is 0 Å². The fourth-order valence-corrected chi connectivity index (χ4v) is 2.84. The predicted octanol–water partition coefficient (Wildman–Crippen LogP) is 2.72. The summed E-state index contributed by atoms with van der Waals surface area (Å²) in [5.41, 5.74) is 2.26. The van der Waals surface area contributed by atoms with Crippen molar-refractivity contribution < 1.29 is 19.4 Å². The SMILES string of the molecule is COc1ccc(C2=NN(C=O)C(c3ccccc3O)C2)cc1OC. The lowest BCUT2D eigenvalue weighted by molar-refractivity contribution is -0.119. The molecule has 0 aliphatic carbocycles. The monoisotopic (exact) mass is 326 g/mol. The van der Waals surface area contributed by atoms with Gasteiger partial charge in [-0.3, -0.25) is 4.79 Å². The number of ether oxygens (including phenoxy) is 2. The van der Waals surface area contributed by atoms with E-state index in [-0.39, 0.29) is 11.8 Å². The Bertz CT molecular complexity index is 788. The van der Waals surface area contributed by atoms with Gasteiger partial charge in [0.05, 0.1) is 26.0 Å². The number of amides is 1. The molecule has 2 aromatic rings. The van der Waals surface area contributed by atoms with Crippen LogP contribution >= 0.6 is 0 Å². The zero-order valence-electron chi connectivity index (χ0n) is 13.5. The molecule has 0 aromatic heterocycles. The zero-order valence-corrected chi connectivity index (χ0v) is 13.5. The van der Waals surface area contributed by atoms with E-state index >= 15 is 0 Å². The maximum absolute atomic E-state index is 11.4. The number of hydrogen-bond acceptors (Lipinski definition) is 5. The maximum atomic E-state index is 11.4. The molecule has 0 spiro atoms. The molecule has 6 heteroatoms. The fraction of sp³-hybridized carbons (Fsp3) is 0.222. The molecule has 1 heterocycles. The van der Waals surface area contributed by atoms with E-state index in [1.54, 1.807) is 38.5 Å². The van der Waals surface area contributed by atoms with E-state index in [9.17, 15) is 9.90 Å². The molecule has 3 rings (SSSR count). The average Bonchev–Trinajstić information content (AvgIpc) is 3.05. The lowest BCUT2D eigenvalue weighted by Gasteiger charge is -2.18. The smallest absolute Gasteiger partial charge is 0.230 e. The molecule has 0 radical (unpaired) electrons. The lowest BCUT2D eigenvalue weighted by Crippen LogP contribution is -2.17. The van der Waals surface area contributed by atoms with E-state index in [0.717, 1.165) is 11.3 Å². The minimum atomic E-state index is -0.327. The van der Waals surface area contributed by atoms with Crippen molar-refractivity contribution in [3.05, 3.63) is 53.6 Å². The van der Waals surface area contributed by atoms with Crippen molar-refractivity contribution >= 4 is 12.1 Å². The molecular weight excluding hydrogens is 308 g/mol. The van der Waals surface area contributed by atoms with Crippen LogP contribution < -0.4 is 9.47 Å². The molecule has 24 heavy (non-hydrogen) atoms. The summed E-state index contributed by atoms with van der Waals surface area (Å²) >= 11 is 0. The first-order valence-corrected chi connectivity index (χ1v) is 7.49. The largest absolute Gasteiger partial charge is 0.508 e. The summed E-state index contributed by atoms with van der Waals surface area (Å²) in [5.74, 6) is 1.38. The third-order valence-corrected chi connectivity index (χ3v) is 4.06. The number of para-hydroxylation sites is 1. The Morgan fingerprint density at radius 3 is 2.58 bits per heavy atom. The topological polar surface area (TPSA) is 71.4 Å². The van der Waals surface area contributed by atoms with Gasteiger partial charge in [0.25, 0.3) is 0 Å². The molecule has 6 nitrogen and oxygen atoms in total. The number of carbonyl (C=O) groups excluding carboxylic acids is 1. The minimum Gasteiger partial charge on any atom is -0.508 e. The van der Waals surface area contributed by atoms with Crippen molar-refractivity contribution in [2.75, 3.05) is 14.2 Å². The highest BCUT2D eigenvalue weighted by Gasteiger charge is 2.30. The summed E-state index contributed by atoms with van der Waals surface area (Å²) in [6, 6.07) is 12.1. The Kier molecular flexibility index (Phi) is 4.37. The third-order valence-electron chi connectivity index (χ3n) is 4.06. The summed E-state index contributed by atoms with van der Waals surface area (Å²) in [4.78, 5) is 11.4. The van der Waals surface area contributed by atoms with Gasteiger partial charge in [0.2, 0.25) is 6.41 Å². The second kappa shape index (κ2) is 6.62. The fourth-order valence-electron chi connectivity index (χ4n) is 2.84. The van der Waals surface area contributed by atoms with Crippen LogP contribution in [0.25, 0.3) is 0 Å². The van der Waals surface area contributed by atoms with Gasteiger partial charge in [-0.2, -0.15) is 5.10 Å². The van der Waals surface area contributed by atoms with Crippen molar-refractivity contribution in [3.63, 3.8) is 0 Å². The van der Waals surface area contributed by atoms with Gasteiger partial charge >= 0.3 is 0 Å². The van der Waals surface area contributed by atoms with Crippen molar-refractivity contribution in [3.8, 4) is 17.2 Å². The highest BCUT2D eigenvalue weighted by Crippen LogP contribution is 2.37. The van der Waals surface area contributed by atoms with Crippen LogP contribution in [-0.2, 0) is 4.79 Å². The summed E-state index contributed by atoms with van der Waals surface area (Å²) < 4.78 is 10.6. The number of nitrogens with zero attached hydrogens (tertiary/aromatic N) is 2. The van der Waals surface area contributed by atoms with Gasteiger partial charge < -0.3 is 14.6 Å². The van der Waals surface area contributed by atoms with Crippen LogP contribution in [0.4, 0.5) is 0 Å². The number of hydrogen-bond donors (Lipinski definition) is 1. The highest BCUT2D eigenvalue weighted by molar-refractivity contribution is 6.03. The zero-order chi connectivity index (χ0) is 17.1. The Labute approximate surface area is 139 Å². The molecule has 1 unspecified atom stereocenters. The molecule has 124 valence electrons. The first-order valence-electron chi connectivity index (χ1n) is 7.49. The lowest BCUT2D eigenvalue weighted by atomic mass is 9.98. The van der Waals surface area contributed by atoms with E-state index in [0.29, 0.717) is 29.9 Å². The second-order valence-corrected chi connectivity index (χ2v) is 5.38. The molecule has 0 fully saturated rings. The molecule has 0 bridgehead atoms. The number of hydrazone groups is 1. The normalized spacial score (nSPS) is 16.7. The number of methoxy groups -OCH3 is 2. The molecule has 2 aromatic carbocycles. The van der Waals surface area contributed by atoms with Gasteiger partial charge in [-0.05, 0) is 24.3 Å². The van der Waals surface area contributed by atoms with E-state index in [1.165, 1.54) is 5.01 Å². The van der Waals surface area contributed by atoms with Crippen LogP contribution in [0.15, 0.2) is 47.6 Å². The van der Waals surface area contributed by atoms with Crippen LogP contribution in [0.5, 0.6) is 17.2 Å². The molecule has 1 amide bonds. The Hall–Kier alpha value is -3.02. The van der Waals surface area contributed by atoms with Gasteiger partial charge in [0, 0.05) is 17.5 Å². The quantitative estimate of drug-likeness (QED) is 0.858. The van der Waals surface area contributed by atoms with E-state index in [2.05, 4.69) is 5.10 Å². The number of aromatic hydroxyl groups is 1. The number of rotatable bonds is 5. The van der Waals surface area contributed by atoms with Crippen LogP contribution in [0.3, 0.4) is 0 Å². The minimum absolute atomic E-state index is 0.151. The average molecular weight is 326 g/mol. The molecule has 1 N–H and O–H groups in total. The van der Waals surface area contributed by atoms with E-state index in [1.807, 2.05) is 18.2 Å². The standard InChI is InChI=1S/C18H18N2O4/c1-23-17-8-7-12(9-18(17)24-2)14-10-15(20(11-21)19-14)13-5-3-4-6-16(13)22/h3-9,11,15,22H,10H2,1-2H3. The second-order valence-electron chi connectivity index (χ2n) is 5.38. The summed E-state index contributed by atoms with van der Waals surface area (Å²) in [7, 11) is 3.15. The van der Waals surface area contributed by atoms with Crippen LogP contribution in [-0.4, -0.2) is 36.5 Å². The summed E-state index contributed by atoms with van der Waals surface area (Å²) in [6.45, 7) is 0. The Balaban J connectivity index is 1.94. The Morgan fingerprint density at radius 2 is 1.92 bits per heavy atom. The molecule has 0 saturated heterocycles. The van der Waals surface area contributed by atoms with Crippen molar-refractivity contribution in [1.29, 1.82) is 0 Å². The molecule has 0 saturated carbocycles. The van der Waals surface area contributed by atoms with Gasteiger partial charge in [0.15, 0.2) is 11.5 Å². The molecule has 1 aliphatic rings. The van der Waals surface area contributed by atoms with E-state index < -0.39 is 0 Å². The van der Waals surface area contributed by atoms with Crippen molar-refractivity contribution in [2.45, 2.75) is 12.5 Å². The van der Waals surface area contributed by atoms with E-state index in [4.69, 9.17) is 9.47 Å². The van der Waals surface area contributed by atoms with Gasteiger partial charge in [0.1, 0.15) is 5.75 Å². The first-order chi connectivity index (χ1) is 11.7. The molecule has 1 aliphatic heterocycles. The summed E-state index contributed by atoms with van der Waals surface area (Å²) in [6.07, 6.45) is 1.18. The van der Waals surface area contributed by atoms with Crippen LogP contribution in [0.1, 0.15) is 23.6 Å². The van der Waals surface area contributed by atoms with Crippen molar-refractivity contribution in [2.24, 2.45) is 5.10 Å². The number of benzene rings is 2. The van der Waals surface area contributed by atoms with Gasteiger partial charge in [-0.15, -0.1) is 0 Å². The number of carbonyl (C=O) groups is 1. The van der Waals surface area contributed by atoms with Gasteiger partial charge in [-0.25, -0.2) is 5.01 Å². The molecular formula is C18H18N2O4. The van der Waals surface area contributed by atoms with Crippen molar-refractivity contribution in [1.82, 2.24) is 5.01 Å². The highest BCUT2D eigenvalue weighted by atomic mass is 16.5. The number of phenols is 1. The Morgan fingerprint density at radius 1 is 1.17 bits per heavy atom. The molecule has 1 atom stereocenters. The number of phenolic OH excluding ortho intramolecular Hbond substituents is 1. The van der Waals surface area contributed by atoms with Gasteiger partial charge in [-0.1, -0.05) is 18.2 Å². The third kappa shape index (κ3) is 2.78. The summed E-state index contributed by atoms with van der Waals surface area (Å²) in [5, 5.41) is 15.8. The van der Waals surface area contributed by atoms with Crippen LogP contribution in [0, 0.1) is 0 Å². The first kappa shape index (κ1) is 15.9. The maximum Gasteiger partial charge on any atom is 0.230 e. The predicted molar refractivity (Wildman–Crippen MR) is 89.5 cm³/mol.